The van der Waals surface area contributed by atoms with Crippen LogP contribution in [0.5, 0.6) is 11.6 Å². The summed E-state index contributed by atoms with van der Waals surface area (Å²) in [5.74, 6) is -2.44. The van der Waals surface area contributed by atoms with Crippen LogP contribution in [0.2, 0.25) is 10.0 Å². The molecule has 0 aliphatic carbocycles. The zero-order valence-electron chi connectivity index (χ0n) is 37.1. The highest BCUT2D eigenvalue weighted by atomic mass is 35.5. The third-order valence-corrected chi connectivity index (χ3v) is 11.3. The molecule has 374 valence electrons. The Morgan fingerprint density at radius 1 is 0.889 bits per heavy atom. The largest absolute Gasteiger partial charge is 0.493 e. The van der Waals surface area contributed by atoms with Crippen molar-refractivity contribution < 1.29 is 58.0 Å². The monoisotopic (exact) mass is 1100 g/mol. The Hall–Kier alpha value is -7.62. The molecule has 0 radical (unpaired) electrons. The van der Waals surface area contributed by atoms with Crippen molar-refractivity contribution in [3.05, 3.63) is 112 Å². The molecule has 0 aliphatic rings. The number of aromatic hydroxyl groups is 1. The molecule has 0 saturated heterocycles. The average molecular weight is 1100 g/mol. The zero-order valence-corrected chi connectivity index (χ0v) is 41.9. The highest BCUT2D eigenvalue weighted by molar-refractivity contribution is 7.85. The summed E-state index contributed by atoms with van der Waals surface area (Å²) in [5, 5.41) is 51.6. The number of nitrogens with two attached hydrogens (primary N) is 1. The maximum absolute atomic E-state index is 13.2. The lowest BCUT2D eigenvalue weighted by Gasteiger charge is -2.13. The van der Waals surface area contributed by atoms with Crippen molar-refractivity contribution in [3.63, 3.8) is 0 Å². The van der Waals surface area contributed by atoms with E-state index in [1.807, 2.05) is 0 Å². The predicted molar refractivity (Wildman–Crippen MR) is 266 cm³/mol. The molecule has 7 rings (SSSR count). The summed E-state index contributed by atoms with van der Waals surface area (Å²) in [4.78, 5) is 30.2. The number of para-hydroxylation sites is 2. The molecule has 4 aromatic carbocycles. The number of carbonyl (C=O) groups excluding carboxylic acids is 2. The van der Waals surface area contributed by atoms with Gasteiger partial charge in [-0.3, -0.25) is 23.1 Å². The normalized spacial score (nSPS) is 11.6. The van der Waals surface area contributed by atoms with Gasteiger partial charge in [0, 0.05) is 34.2 Å². The van der Waals surface area contributed by atoms with Crippen LogP contribution in [0.15, 0.2) is 116 Å². The molecule has 3 aromatic heterocycles. The molecular weight excluding hydrogens is 1070 g/mol. The third-order valence-electron chi connectivity index (χ3n) is 9.06. The standard InChI is InChI=1S/C41H31Cl2N11O7S2.CH4O3S.O3S/c1-21-27(20-44)38-47-28-9-3-4-10-32(28)54(38)41(57)36(21)51-50-31-18-29(46-22(2)55)30(19-33(31)61-15-6-16-63(58,59)60)49-53-40-35(37(45)56)34(23-7-5-8-25(43)17-23)39(62-40)52-48-26-13-11-24(42)12-14-26;1-5(2,3)4;1-4(2)3/h3-5,7-14,17-19,57H,6,15-16H2,1-2H3,(H2,45,56)(H,46,55)(H,58,59,60);1H3,(H,2,3,4);. The SMILES string of the molecule is CC(=O)Nc1cc(N=Nc2c(C)c(C#N)c3nc4ccccc4n3c2O)c(OCCCS(=O)(=O)O)cc1N=Nc1sc(N=Nc2ccc(Cl)cc2)c(-c2cccc(Cl)c2)c1C(N)=O.CS(=O)(=O)O.O=S(=O)=O. The molecule has 3 heterocycles. The molecule has 6 N–H and O–H groups in total. The minimum Gasteiger partial charge on any atom is -0.493 e. The second-order valence-corrected chi connectivity index (χ2v) is 19.7. The summed E-state index contributed by atoms with van der Waals surface area (Å²) in [6.07, 6.45) is 0.569. The van der Waals surface area contributed by atoms with Gasteiger partial charge in [0.1, 0.15) is 33.8 Å². The molecule has 30 heteroatoms. The van der Waals surface area contributed by atoms with E-state index in [2.05, 4.69) is 47.1 Å². The zero-order chi connectivity index (χ0) is 53.1. The first kappa shape index (κ1) is 55.3. The highest BCUT2D eigenvalue weighted by Crippen LogP contribution is 2.49. The number of carbonyl (C=O) groups is 2. The van der Waals surface area contributed by atoms with Crippen molar-refractivity contribution in [3.8, 4) is 28.8 Å². The number of azo groups is 3. The van der Waals surface area contributed by atoms with E-state index < -0.39 is 48.4 Å². The number of halogens is 2. The Balaban J connectivity index is 0.000000984. The van der Waals surface area contributed by atoms with E-state index in [9.17, 15) is 41.3 Å². The van der Waals surface area contributed by atoms with Gasteiger partial charge in [-0.05, 0) is 73.5 Å². The summed E-state index contributed by atoms with van der Waals surface area (Å²) in [5.41, 5.74) is 8.63. The molecule has 0 bridgehead atoms. The summed E-state index contributed by atoms with van der Waals surface area (Å²) in [7, 11) is -11.1. The number of hydrogen-bond donors (Lipinski definition) is 5. The van der Waals surface area contributed by atoms with Crippen molar-refractivity contribution in [1.82, 2.24) is 9.38 Å². The molecule has 72 heavy (non-hydrogen) atoms. The van der Waals surface area contributed by atoms with E-state index in [0.29, 0.717) is 38.6 Å². The minimum atomic E-state index is -4.33. The van der Waals surface area contributed by atoms with Gasteiger partial charge in [-0.15, -0.1) is 43.3 Å². The number of hydrogen-bond acceptors (Lipinski definition) is 20. The van der Waals surface area contributed by atoms with Crippen molar-refractivity contribution in [1.29, 1.82) is 5.26 Å². The Kier molecular flexibility index (Phi) is 18.4. The number of thiophene rings is 1. The number of benzene rings is 4. The molecule has 0 spiro atoms. The number of fused-ring (bicyclic) bond motifs is 3. The fraction of sp³-hybridized carbons (Fsp3) is 0.143. The number of anilines is 1. The molecule has 0 fully saturated rings. The Bertz CT molecular complexity index is 3720. The van der Waals surface area contributed by atoms with Gasteiger partial charge in [-0.25, -0.2) is 4.98 Å². The molecule has 0 saturated carbocycles. The maximum atomic E-state index is 13.2. The van der Waals surface area contributed by atoms with E-state index in [-0.39, 0.29) is 85.3 Å². The number of imidazole rings is 1. The molecular formula is C42H35Cl2N11O13S4. The lowest BCUT2D eigenvalue weighted by atomic mass is 10.0. The lowest BCUT2D eigenvalue weighted by molar-refractivity contribution is -0.114. The number of nitrogens with one attached hydrogen (secondary N) is 1. The van der Waals surface area contributed by atoms with Crippen LogP contribution in [0.4, 0.5) is 38.4 Å². The van der Waals surface area contributed by atoms with E-state index in [0.717, 1.165) is 11.3 Å². The molecule has 0 unspecified atom stereocenters. The van der Waals surface area contributed by atoms with E-state index in [1.54, 1.807) is 79.7 Å². The fourth-order valence-corrected chi connectivity index (χ4v) is 8.04. The van der Waals surface area contributed by atoms with Gasteiger partial charge in [0.15, 0.2) is 16.3 Å². The summed E-state index contributed by atoms with van der Waals surface area (Å²) < 4.78 is 90.8. The molecule has 7 aromatic rings. The summed E-state index contributed by atoms with van der Waals surface area (Å²) >= 11 is 13.3. The van der Waals surface area contributed by atoms with Gasteiger partial charge in [-0.2, -0.15) is 22.1 Å². The molecule has 0 atom stereocenters. The number of rotatable bonds is 14. The van der Waals surface area contributed by atoms with Crippen LogP contribution < -0.4 is 15.8 Å². The van der Waals surface area contributed by atoms with Gasteiger partial charge in [0.05, 0.1) is 46.6 Å². The second kappa shape index (κ2) is 24.0. The smallest absolute Gasteiger partial charge is 0.425 e. The molecule has 2 amide bonds. The number of primary amides is 1. The minimum absolute atomic E-state index is 0.0114. The summed E-state index contributed by atoms with van der Waals surface area (Å²) in [6.45, 7) is 2.56. The van der Waals surface area contributed by atoms with E-state index in [4.69, 9.17) is 50.9 Å². The maximum Gasteiger partial charge on any atom is 0.425 e. The Morgan fingerprint density at radius 2 is 1.53 bits per heavy atom. The number of ether oxygens (including phenoxy) is 1. The lowest BCUT2D eigenvalue weighted by Crippen LogP contribution is -2.11. The van der Waals surface area contributed by atoms with Crippen LogP contribution in [-0.2, 0) is 35.6 Å². The predicted octanol–water partition coefficient (Wildman–Crippen LogP) is 9.87. The number of nitrogens with zero attached hydrogens (tertiary/aromatic N) is 9. The fourth-order valence-electron chi connectivity index (χ4n) is 6.27. The number of pyridine rings is 1. The second-order valence-electron chi connectivity index (χ2n) is 14.4. The molecule has 0 aliphatic heterocycles. The van der Waals surface area contributed by atoms with E-state index >= 15 is 0 Å². The van der Waals surface area contributed by atoms with Crippen LogP contribution in [0.1, 0.15) is 34.8 Å². The average Bonchev–Trinajstić information content (AvgIpc) is 3.85. The first-order valence-corrected chi connectivity index (χ1v) is 25.9. The van der Waals surface area contributed by atoms with Gasteiger partial charge < -0.3 is 20.9 Å². The highest BCUT2D eigenvalue weighted by Gasteiger charge is 2.26. The van der Waals surface area contributed by atoms with Crippen molar-refractivity contribution in [2.24, 2.45) is 36.4 Å². The van der Waals surface area contributed by atoms with Gasteiger partial charge in [0.2, 0.25) is 11.8 Å². The number of amides is 2. The third kappa shape index (κ3) is 15.2. The van der Waals surface area contributed by atoms with Crippen LogP contribution in [0.3, 0.4) is 0 Å². The van der Waals surface area contributed by atoms with Crippen molar-refractivity contribution in [2.75, 3.05) is 23.9 Å². The molecule has 24 nitrogen and oxygen atoms in total. The van der Waals surface area contributed by atoms with E-state index in [1.165, 1.54) is 23.5 Å². The van der Waals surface area contributed by atoms with Gasteiger partial charge in [-0.1, -0.05) is 58.8 Å². The number of nitriles is 1. The topological polar surface area (TPSA) is 377 Å². The van der Waals surface area contributed by atoms with Crippen LogP contribution >= 0.6 is 34.5 Å². The number of aromatic nitrogens is 2. The first-order valence-electron chi connectivity index (χ1n) is 19.8. The van der Waals surface area contributed by atoms with Crippen LogP contribution in [0, 0.1) is 18.3 Å². The van der Waals surface area contributed by atoms with Crippen LogP contribution in [0.25, 0.3) is 27.8 Å². The first-order chi connectivity index (χ1) is 33.8. The Labute approximate surface area is 423 Å². The summed E-state index contributed by atoms with van der Waals surface area (Å²) in [6, 6.07) is 25.0. The van der Waals surface area contributed by atoms with Gasteiger partial charge >= 0.3 is 10.6 Å². The van der Waals surface area contributed by atoms with Crippen molar-refractivity contribution in [2.45, 2.75) is 20.3 Å². The van der Waals surface area contributed by atoms with Crippen molar-refractivity contribution >= 4 is 132 Å². The van der Waals surface area contributed by atoms with Gasteiger partial charge in [0.25, 0.3) is 26.1 Å². The Morgan fingerprint density at radius 3 is 2.14 bits per heavy atom. The quantitative estimate of drug-likeness (QED) is 0.0384. The van der Waals surface area contributed by atoms with Crippen LogP contribution in [-0.4, -0.2) is 83.5 Å².